The van der Waals surface area contributed by atoms with E-state index < -0.39 is 5.97 Å². The fraction of sp³-hybridized carbons (Fsp3) is 0.333. The van der Waals surface area contributed by atoms with Crippen LogP contribution in [0.25, 0.3) is 0 Å². The van der Waals surface area contributed by atoms with Gasteiger partial charge >= 0.3 is 5.97 Å². The van der Waals surface area contributed by atoms with Gasteiger partial charge in [0.2, 0.25) is 0 Å². The largest absolute Gasteiger partial charge is 0.497 e. The van der Waals surface area contributed by atoms with E-state index in [1.807, 2.05) is 42.5 Å². The zero-order valence-corrected chi connectivity index (χ0v) is 19.9. The number of methoxy groups -OCH3 is 3. The van der Waals surface area contributed by atoms with Crippen molar-refractivity contribution >= 4 is 11.8 Å². The summed E-state index contributed by atoms with van der Waals surface area (Å²) in [7, 11) is 4.83. The number of hydrogen-bond donors (Lipinski definition) is 1. The number of Topliss-reactive ketones (excluding diaryl/α,β-unsaturated/α-hetero) is 1. The van der Waals surface area contributed by atoms with Crippen molar-refractivity contribution in [3.63, 3.8) is 0 Å². The first-order valence-electron chi connectivity index (χ1n) is 11.3. The third-order valence-electron chi connectivity index (χ3n) is 6.26. The van der Waals surface area contributed by atoms with Crippen molar-refractivity contribution in [1.29, 1.82) is 0 Å². The second-order valence-electron chi connectivity index (χ2n) is 8.18. The zero-order valence-electron chi connectivity index (χ0n) is 19.9. The molecule has 1 N–H and O–H groups in total. The Balaban J connectivity index is 1.78. The minimum absolute atomic E-state index is 0.0205. The molecule has 0 aliphatic heterocycles. The fourth-order valence-electron chi connectivity index (χ4n) is 4.70. The third kappa shape index (κ3) is 4.38. The summed E-state index contributed by atoms with van der Waals surface area (Å²) in [5.41, 5.74) is 4.08. The molecule has 7 heteroatoms. The van der Waals surface area contributed by atoms with E-state index in [1.54, 1.807) is 28.3 Å². The molecule has 0 fully saturated rings. The SMILES string of the molecule is CCOC(=O)c1[nH]c2c(c1Cc1ccccc1OC)C(=O)CC(c1cc(OC)ccc1OC)C2. The van der Waals surface area contributed by atoms with Gasteiger partial charge in [0.1, 0.15) is 22.9 Å². The third-order valence-corrected chi connectivity index (χ3v) is 6.26. The number of benzene rings is 2. The zero-order chi connectivity index (χ0) is 24.2. The lowest BCUT2D eigenvalue weighted by Crippen LogP contribution is -2.20. The molecule has 0 spiro atoms. The number of aromatic amines is 1. The molecule has 0 radical (unpaired) electrons. The lowest BCUT2D eigenvalue weighted by Gasteiger charge is -2.24. The molecule has 1 aliphatic carbocycles. The van der Waals surface area contributed by atoms with Gasteiger partial charge in [-0.25, -0.2) is 4.79 Å². The molecule has 178 valence electrons. The van der Waals surface area contributed by atoms with E-state index in [4.69, 9.17) is 18.9 Å². The number of aromatic nitrogens is 1. The Morgan fingerprint density at radius 1 is 1.00 bits per heavy atom. The van der Waals surface area contributed by atoms with Crippen molar-refractivity contribution in [1.82, 2.24) is 4.98 Å². The van der Waals surface area contributed by atoms with Gasteiger partial charge in [0.15, 0.2) is 5.78 Å². The monoisotopic (exact) mass is 463 g/mol. The molecule has 0 saturated carbocycles. The maximum absolute atomic E-state index is 13.5. The Hall–Kier alpha value is -3.74. The van der Waals surface area contributed by atoms with E-state index in [0.29, 0.717) is 53.3 Å². The second-order valence-corrected chi connectivity index (χ2v) is 8.18. The molecule has 1 atom stereocenters. The number of para-hydroxylation sites is 1. The minimum Gasteiger partial charge on any atom is -0.497 e. The number of carbonyl (C=O) groups excluding carboxylic acids is 2. The highest BCUT2D eigenvalue weighted by Crippen LogP contribution is 2.41. The number of hydrogen-bond acceptors (Lipinski definition) is 6. The van der Waals surface area contributed by atoms with Crippen LogP contribution in [0.15, 0.2) is 42.5 Å². The number of H-pyrrole nitrogens is 1. The molecule has 3 aromatic rings. The van der Waals surface area contributed by atoms with Crippen LogP contribution in [-0.4, -0.2) is 44.7 Å². The second kappa shape index (κ2) is 10.0. The van der Waals surface area contributed by atoms with Gasteiger partial charge < -0.3 is 23.9 Å². The number of ether oxygens (including phenoxy) is 4. The van der Waals surface area contributed by atoms with Crippen LogP contribution in [-0.2, 0) is 17.6 Å². The summed E-state index contributed by atoms with van der Waals surface area (Å²) in [6, 6.07) is 13.2. The molecule has 0 saturated heterocycles. The molecule has 34 heavy (non-hydrogen) atoms. The van der Waals surface area contributed by atoms with Crippen molar-refractivity contribution in [2.75, 3.05) is 27.9 Å². The number of carbonyl (C=O) groups is 2. The smallest absolute Gasteiger partial charge is 0.355 e. The highest BCUT2D eigenvalue weighted by atomic mass is 16.5. The standard InChI is InChI=1S/C27H29NO6/c1-5-34-27(30)26-20(12-16-8-6-7-9-23(16)32-3)25-21(28-26)13-17(14-22(25)29)19-15-18(31-2)10-11-24(19)33-4/h6-11,15,17,28H,5,12-14H2,1-4H3. The Morgan fingerprint density at radius 2 is 1.76 bits per heavy atom. The highest BCUT2D eigenvalue weighted by Gasteiger charge is 2.35. The first kappa shape index (κ1) is 23.4. The molecule has 1 aliphatic rings. The average Bonchev–Trinajstić information content (AvgIpc) is 3.22. The van der Waals surface area contributed by atoms with E-state index in [9.17, 15) is 9.59 Å². The minimum atomic E-state index is -0.467. The van der Waals surface area contributed by atoms with Crippen LogP contribution in [0.4, 0.5) is 0 Å². The van der Waals surface area contributed by atoms with Gasteiger partial charge in [-0.1, -0.05) is 18.2 Å². The number of nitrogens with one attached hydrogen (secondary N) is 1. The first-order valence-corrected chi connectivity index (χ1v) is 11.3. The topological polar surface area (TPSA) is 86.9 Å². The molecule has 1 aromatic heterocycles. The van der Waals surface area contributed by atoms with Crippen LogP contribution < -0.4 is 14.2 Å². The summed E-state index contributed by atoms with van der Waals surface area (Å²) in [5, 5.41) is 0. The van der Waals surface area contributed by atoms with Gasteiger partial charge in [0, 0.05) is 41.1 Å². The molecule has 4 rings (SSSR count). The molecule has 1 heterocycles. The van der Waals surface area contributed by atoms with Gasteiger partial charge in [0.05, 0.1) is 27.9 Å². The van der Waals surface area contributed by atoms with Gasteiger partial charge in [0.25, 0.3) is 0 Å². The molecule has 0 amide bonds. The van der Waals surface area contributed by atoms with E-state index >= 15 is 0 Å². The number of rotatable bonds is 8. The molecule has 0 bridgehead atoms. The molecular weight excluding hydrogens is 434 g/mol. The van der Waals surface area contributed by atoms with Crippen LogP contribution in [0.2, 0.25) is 0 Å². The lowest BCUT2D eigenvalue weighted by atomic mass is 9.80. The van der Waals surface area contributed by atoms with Gasteiger partial charge in [-0.3, -0.25) is 4.79 Å². The lowest BCUT2D eigenvalue weighted by molar-refractivity contribution is 0.0519. The Bertz CT molecular complexity index is 1210. The summed E-state index contributed by atoms with van der Waals surface area (Å²) >= 11 is 0. The summed E-state index contributed by atoms with van der Waals surface area (Å²) in [5.74, 6) is 1.50. The maximum atomic E-state index is 13.5. The van der Waals surface area contributed by atoms with Crippen molar-refractivity contribution in [3.8, 4) is 17.2 Å². The van der Waals surface area contributed by atoms with E-state index in [-0.39, 0.29) is 18.3 Å². The predicted molar refractivity (Wildman–Crippen MR) is 127 cm³/mol. The van der Waals surface area contributed by atoms with Crippen molar-refractivity contribution < 1.29 is 28.5 Å². The van der Waals surface area contributed by atoms with Crippen LogP contribution in [0.3, 0.4) is 0 Å². The summed E-state index contributed by atoms with van der Waals surface area (Å²) < 4.78 is 21.8. The number of ketones is 1. The summed E-state index contributed by atoms with van der Waals surface area (Å²) in [6.45, 7) is 2.01. The fourth-order valence-corrected chi connectivity index (χ4v) is 4.70. The molecule has 2 aromatic carbocycles. The number of fused-ring (bicyclic) bond motifs is 1. The predicted octanol–water partition coefficient (Wildman–Crippen LogP) is 4.72. The van der Waals surface area contributed by atoms with Gasteiger partial charge in [-0.05, 0) is 43.2 Å². The summed E-state index contributed by atoms with van der Waals surface area (Å²) in [6.07, 6.45) is 1.24. The van der Waals surface area contributed by atoms with Crippen molar-refractivity contribution in [2.45, 2.75) is 32.1 Å². The molecule has 1 unspecified atom stereocenters. The van der Waals surface area contributed by atoms with Crippen LogP contribution >= 0.6 is 0 Å². The summed E-state index contributed by atoms with van der Waals surface area (Å²) in [4.78, 5) is 29.6. The quantitative estimate of drug-likeness (QED) is 0.487. The Morgan fingerprint density at radius 3 is 2.47 bits per heavy atom. The first-order chi connectivity index (χ1) is 16.5. The van der Waals surface area contributed by atoms with E-state index in [1.165, 1.54) is 0 Å². The number of esters is 1. The van der Waals surface area contributed by atoms with Crippen LogP contribution in [0.5, 0.6) is 17.2 Å². The Labute approximate surface area is 199 Å². The maximum Gasteiger partial charge on any atom is 0.355 e. The Kier molecular flexibility index (Phi) is 6.91. The van der Waals surface area contributed by atoms with Gasteiger partial charge in [-0.15, -0.1) is 0 Å². The van der Waals surface area contributed by atoms with Crippen molar-refractivity contribution in [3.05, 3.63) is 76.1 Å². The average molecular weight is 464 g/mol. The highest BCUT2D eigenvalue weighted by molar-refractivity contribution is 6.04. The van der Waals surface area contributed by atoms with E-state index in [0.717, 1.165) is 16.8 Å². The van der Waals surface area contributed by atoms with E-state index in [2.05, 4.69) is 4.98 Å². The normalized spacial score (nSPS) is 14.9. The van der Waals surface area contributed by atoms with Gasteiger partial charge in [-0.2, -0.15) is 0 Å². The molecular formula is C27H29NO6. The van der Waals surface area contributed by atoms with Crippen LogP contribution in [0, 0.1) is 0 Å². The van der Waals surface area contributed by atoms with Crippen molar-refractivity contribution in [2.24, 2.45) is 0 Å². The molecule has 7 nitrogen and oxygen atoms in total. The van der Waals surface area contributed by atoms with Crippen LogP contribution in [0.1, 0.15) is 62.5 Å².